The number of hydrogen-bond acceptors (Lipinski definition) is 3. The molecule has 1 N–H and O–H groups in total. The van der Waals surface area contributed by atoms with Crippen molar-refractivity contribution in [2.45, 2.75) is 50.7 Å². The van der Waals surface area contributed by atoms with E-state index in [1.165, 1.54) is 25.7 Å². The molecule has 2 saturated heterocycles. The average molecular weight is 245 g/mol. The summed E-state index contributed by atoms with van der Waals surface area (Å²) < 4.78 is 16.8. The van der Waals surface area contributed by atoms with Crippen molar-refractivity contribution in [3.63, 3.8) is 0 Å². The summed E-state index contributed by atoms with van der Waals surface area (Å²) in [4.78, 5) is 0. The van der Waals surface area contributed by atoms with Gasteiger partial charge in [-0.1, -0.05) is 0 Å². The van der Waals surface area contributed by atoms with Gasteiger partial charge in [0, 0.05) is 35.0 Å². The summed E-state index contributed by atoms with van der Waals surface area (Å²) >= 11 is 0. The number of nitrogens with one attached hydrogen (secondary N) is 1. The van der Waals surface area contributed by atoms with Gasteiger partial charge in [-0.3, -0.25) is 4.21 Å². The summed E-state index contributed by atoms with van der Waals surface area (Å²) in [6.45, 7) is 2.06. The van der Waals surface area contributed by atoms with Gasteiger partial charge in [-0.05, 0) is 45.1 Å². The zero-order valence-corrected chi connectivity index (χ0v) is 10.8. The maximum Gasteiger partial charge on any atom is 0.0576 e. The minimum absolute atomic E-state index is 0.528. The Morgan fingerprint density at radius 2 is 2.06 bits per heavy atom. The highest BCUT2D eigenvalue weighted by atomic mass is 32.2. The molecule has 3 nitrogen and oxygen atoms in total. The van der Waals surface area contributed by atoms with E-state index in [-0.39, 0.29) is 0 Å². The van der Waals surface area contributed by atoms with Crippen LogP contribution in [0.2, 0.25) is 0 Å². The van der Waals surface area contributed by atoms with Crippen LogP contribution in [0.1, 0.15) is 38.5 Å². The Morgan fingerprint density at radius 3 is 2.75 bits per heavy atom. The molecule has 1 atom stereocenters. The van der Waals surface area contributed by atoms with Crippen molar-refractivity contribution < 1.29 is 8.95 Å². The summed E-state index contributed by atoms with van der Waals surface area (Å²) in [5.74, 6) is 1.78. The van der Waals surface area contributed by atoms with Crippen molar-refractivity contribution in [2.24, 2.45) is 0 Å². The van der Waals surface area contributed by atoms with E-state index in [0.717, 1.165) is 37.5 Å². The van der Waals surface area contributed by atoms with Crippen LogP contribution >= 0.6 is 0 Å². The van der Waals surface area contributed by atoms with Crippen LogP contribution in [0, 0.1) is 0 Å². The smallest absolute Gasteiger partial charge is 0.0576 e. The first-order valence-electron chi connectivity index (χ1n) is 6.54. The van der Waals surface area contributed by atoms with Gasteiger partial charge < -0.3 is 10.1 Å². The van der Waals surface area contributed by atoms with Crippen LogP contribution in [0.4, 0.5) is 0 Å². The molecule has 1 unspecified atom stereocenters. The van der Waals surface area contributed by atoms with Gasteiger partial charge in [0.05, 0.1) is 6.10 Å². The molecule has 0 aromatic rings. The second-order valence-corrected chi connectivity index (χ2v) is 6.55. The fourth-order valence-electron chi connectivity index (χ4n) is 2.51. The highest BCUT2D eigenvalue weighted by Gasteiger charge is 2.18. The first-order valence-corrected chi connectivity index (χ1v) is 8.03. The third-order valence-corrected chi connectivity index (χ3v) is 4.93. The molecule has 0 amide bonds. The maximum absolute atomic E-state index is 11.2. The molecule has 16 heavy (non-hydrogen) atoms. The molecule has 0 saturated carbocycles. The van der Waals surface area contributed by atoms with Crippen LogP contribution < -0.4 is 5.32 Å². The van der Waals surface area contributed by atoms with Crippen molar-refractivity contribution >= 4 is 10.8 Å². The van der Waals surface area contributed by atoms with Gasteiger partial charge in [-0.2, -0.15) is 0 Å². The summed E-state index contributed by atoms with van der Waals surface area (Å²) in [6.07, 6.45) is 7.62. The van der Waals surface area contributed by atoms with Gasteiger partial charge in [0.15, 0.2) is 0 Å². The van der Waals surface area contributed by atoms with E-state index in [1.807, 2.05) is 0 Å². The molecule has 0 aromatic heterocycles. The van der Waals surface area contributed by atoms with E-state index < -0.39 is 10.8 Å². The van der Waals surface area contributed by atoms with E-state index in [1.54, 1.807) is 0 Å². The Labute approximate surface area is 101 Å². The van der Waals surface area contributed by atoms with E-state index >= 15 is 0 Å². The van der Waals surface area contributed by atoms with E-state index in [2.05, 4.69) is 5.32 Å². The van der Waals surface area contributed by atoms with Gasteiger partial charge in [0.25, 0.3) is 0 Å². The molecule has 0 spiro atoms. The Hall–Kier alpha value is 0.0700. The molecular formula is C12H23NO2S. The predicted molar refractivity (Wildman–Crippen MR) is 67.1 cm³/mol. The monoisotopic (exact) mass is 245 g/mol. The molecule has 0 bridgehead atoms. The number of rotatable bonds is 5. The second kappa shape index (κ2) is 6.72. The van der Waals surface area contributed by atoms with Crippen molar-refractivity contribution in [3.8, 4) is 0 Å². The van der Waals surface area contributed by atoms with Crippen molar-refractivity contribution in [3.05, 3.63) is 0 Å². The Morgan fingerprint density at radius 1 is 1.25 bits per heavy atom. The van der Waals surface area contributed by atoms with Crippen LogP contribution in [-0.4, -0.2) is 41.0 Å². The summed E-state index contributed by atoms with van der Waals surface area (Å²) in [5, 5.41) is 3.58. The predicted octanol–water partition coefficient (Wildman–Crippen LogP) is 1.45. The van der Waals surface area contributed by atoms with Crippen molar-refractivity contribution in [2.75, 3.05) is 24.7 Å². The van der Waals surface area contributed by atoms with Crippen LogP contribution in [0.3, 0.4) is 0 Å². The Balaban J connectivity index is 1.49. The van der Waals surface area contributed by atoms with E-state index in [0.29, 0.717) is 12.1 Å². The number of hydrogen-bond donors (Lipinski definition) is 1. The highest BCUT2D eigenvalue weighted by molar-refractivity contribution is 7.85. The molecule has 94 valence electrons. The van der Waals surface area contributed by atoms with Crippen LogP contribution in [0.15, 0.2) is 0 Å². The Kier molecular flexibility index (Phi) is 5.26. The molecule has 2 heterocycles. The lowest BCUT2D eigenvalue weighted by molar-refractivity contribution is 0.102. The largest absolute Gasteiger partial charge is 0.378 e. The molecule has 2 aliphatic rings. The zero-order valence-electron chi connectivity index (χ0n) is 9.95. The maximum atomic E-state index is 11.2. The molecular weight excluding hydrogens is 222 g/mol. The first-order chi connectivity index (χ1) is 7.84. The normalized spacial score (nSPS) is 35.4. The molecule has 0 aliphatic carbocycles. The standard InChI is InChI=1S/C12H23NO2S/c14-16-9-5-11(6-10-16)13-7-1-3-12-4-2-8-15-12/h11-13H,1-10H2. The average Bonchev–Trinajstić information content (AvgIpc) is 2.80. The van der Waals surface area contributed by atoms with Crippen LogP contribution in [0.5, 0.6) is 0 Å². The fraction of sp³-hybridized carbons (Fsp3) is 1.00. The summed E-state index contributed by atoms with van der Waals surface area (Å²) in [7, 11) is -0.530. The lowest BCUT2D eigenvalue weighted by atomic mass is 10.1. The third-order valence-electron chi connectivity index (χ3n) is 3.55. The van der Waals surface area contributed by atoms with E-state index in [9.17, 15) is 4.21 Å². The Bertz CT molecular complexity index is 219. The third kappa shape index (κ3) is 4.15. The minimum atomic E-state index is -0.530. The van der Waals surface area contributed by atoms with Gasteiger partial charge >= 0.3 is 0 Å². The van der Waals surface area contributed by atoms with Gasteiger partial charge in [0.1, 0.15) is 0 Å². The highest BCUT2D eigenvalue weighted by Crippen LogP contribution is 2.16. The first kappa shape index (κ1) is 12.5. The molecule has 2 fully saturated rings. The molecule has 0 radical (unpaired) electrons. The zero-order chi connectivity index (χ0) is 11.2. The lowest BCUT2D eigenvalue weighted by Crippen LogP contribution is -2.36. The molecule has 4 heteroatoms. The second-order valence-electron chi connectivity index (χ2n) is 4.85. The number of ether oxygens (including phenoxy) is 1. The van der Waals surface area contributed by atoms with Crippen LogP contribution in [0.25, 0.3) is 0 Å². The topological polar surface area (TPSA) is 38.3 Å². The molecule has 2 aliphatic heterocycles. The minimum Gasteiger partial charge on any atom is -0.378 e. The summed E-state index contributed by atoms with van der Waals surface area (Å²) in [5.41, 5.74) is 0. The fourth-order valence-corrected chi connectivity index (χ4v) is 3.80. The SMILES string of the molecule is O=S1CCC(NCCCC2CCCO2)CC1. The van der Waals surface area contributed by atoms with Gasteiger partial charge in [-0.25, -0.2) is 0 Å². The molecule has 0 aromatic carbocycles. The molecule has 2 rings (SSSR count). The quantitative estimate of drug-likeness (QED) is 0.745. The van der Waals surface area contributed by atoms with Crippen molar-refractivity contribution in [1.82, 2.24) is 5.32 Å². The van der Waals surface area contributed by atoms with Crippen LogP contribution in [-0.2, 0) is 15.5 Å². The summed E-state index contributed by atoms with van der Waals surface area (Å²) in [6, 6.07) is 0.613. The van der Waals surface area contributed by atoms with Gasteiger partial charge in [-0.15, -0.1) is 0 Å². The lowest BCUT2D eigenvalue weighted by Gasteiger charge is -2.22. The van der Waals surface area contributed by atoms with E-state index in [4.69, 9.17) is 4.74 Å². The van der Waals surface area contributed by atoms with Gasteiger partial charge in [0.2, 0.25) is 0 Å². The van der Waals surface area contributed by atoms with Crippen molar-refractivity contribution in [1.29, 1.82) is 0 Å².